The lowest BCUT2D eigenvalue weighted by molar-refractivity contribution is 0.0897. The molecule has 100 valence electrons. The molecule has 0 bridgehead atoms. The number of aliphatic hydroxyl groups excluding tert-OH is 1. The maximum Gasteiger partial charge on any atom is 0.253 e. The van der Waals surface area contributed by atoms with E-state index < -0.39 is 0 Å². The number of aliphatic hydroxyl groups is 1. The number of hydrogen-bond acceptors (Lipinski definition) is 3. The Bertz CT molecular complexity index is 423. The van der Waals surface area contributed by atoms with Crippen molar-refractivity contribution < 1.29 is 9.90 Å². The van der Waals surface area contributed by atoms with Gasteiger partial charge in [-0.2, -0.15) is 0 Å². The van der Waals surface area contributed by atoms with Gasteiger partial charge in [0.15, 0.2) is 0 Å². The summed E-state index contributed by atoms with van der Waals surface area (Å²) in [6.45, 7) is 3.81. The van der Waals surface area contributed by atoms with Crippen LogP contribution in [0.1, 0.15) is 24.2 Å². The van der Waals surface area contributed by atoms with Crippen molar-refractivity contribution in [2.45, 2.75) is 24.8 Å². The molecule has 0 spiro atoms. The minimum Gasteiger partial charge on any atom is -0.394 e. The zero-order chi connectivity index (χ0) is 13.7. The number of carbonyl (C=O) groups is 1. The fourth-order valence-electron chi connectivity index (χ4n) is 1.47. The normalized spacial score (nSPS) is 12.6. The van der Waals surface area contributed by atoms with Crippen LogP contribution >= 0.6 is 23.4 Å². The number of carbonyl (C=O) groups excluding carboxylic acids is 1. The Balaban J connectivity index is 2.89. The van der Waals surface area contributed by atoms with Crippen LogP contribution in [0.4, 0.5) is 0 Å². The van der Waals surface area contributed by atoms with Crippen LogP contribution in [0.15, 0.2) is 23.1 Å². The Morgan fingerprint density at radius 2 is 2.17 bits per heavy atom. The second-order valence-corrected chi connectivity index (χ2v) is 5.64. The predicted octanol–water partition coefficient (Wildman–Crippen LogP) is 2.81. The Labute approximate surface area is 117 Å². The van der Waals surface area contributed by atoms with E-state index >= 15 is 0 Å². The molecule has 1 aromatic carbocycles. The molecule has 0 aliphatic rings. The monoisotopic (exact) mass is 287 g/mol. The van der Waals surface area contributed by atoms with Crippen LogP contribution in [0.5, 0.6) is 0 Å². The summed E-state index contributed by atoms with van der Waals surface area (Å²) in [4.78, 5) is 13.1. The van der Waals surface area contributed by atoms with Gasteiger partial charge in [-0.1, -0.05) is 25.4 Å². The maximum absolute atomic E-state index is 12.1. The summed E-state index contributed by atoms with van der Waals surface area (Å²) < 4.78 is 0. The van der Waals surface area contributed by atoms with Crippen LogP contribution in [0.3, 0.4) is 0 Å². The first kappa shape index (κ1) is 15.3. The number of rotatable bonds is 5. The van der Waals surface area contributed by atoms with Crippen molar-refractivity contribution in [3.8, 4) is 0 Å². The average molecular weight is 288 g/mol. The molecular formula is C13H18ClNO2S. The summed E-state index contributed by atoms with van der Waals surface area (Å²) in [5.74, 6) is -0.0786. The van der Waals surface area contributed by atoms with Crippen molar-refractivity contribution >= 4 is 29.3 Å². The van der Waals surface area contributed by atoms with Crippen molar-refractivity contribution in [2.75, 3.05) is 12.9 Å². The van der Waals surface area contributed by atoms with E-state index in [1.807, 2.05) is 26.2 Å². The van der Waals surface area contributed by atoms with Gasteiger partial charge >= 0.3 is 0 Å². The standard InChI is InChI=1S/C13H18ClNO2S/c1-8(2)12(7-16)15-13(17)10-6-9(18-3)4-5-11(10)14/h4-6,8,12,16H,7H2,1-3H3,(H,15,17)/t12-/m1/s1. The molecule has 0 saturated heterocycles. The third-order valence-electron chi connectivity index (χ3n) is 2.74. The molecule has 0 radical (unpaired) electrons. The smallest absolute Gasteiger partial charge is 0.253 e. The Kier molecular flexibility index (Phi) is 5.99. The number of benzene rings is 1. The summed E-state index contributed by atoms with van der Waals surface area (Å²) in [5, 5.41) is 12.4. The molecule has 3 nitrogen and oxygen atoms in total. The molecule has 0 aromatic heterocycles. The van der Waals surface area contributed by atoms with E-state index in [-0.39, 0.29) is 24.5 Å². The average Bonchev–Trinajstić information content (AvgIpc) is 2.35. The van der Waals surface area contributed by atoms with Crippen LogP contribution in [-0.2, 0) is 0 Å². The minimum absolute atomic E-state index is 0.0801. The number of hydrogen-bond donors (Lipinski definition) is 2. The fraction of sp³-hybridized carbons (Fsp3) is 0.462. The highest BCUT2D eigenvalue weighted by Gasteiger charge is 2.18. The summed E-state index contributed by atoms with van der Waals surface area (Å²) in [6.07, 6.45) is 1.94. The van der Waals surface area contributed by atoms with Gasteiger partial charge in [0.05, 0.1) is 23.2 Å². The molecule has 0 fully saturated rings. The van der Waals surface area contributed by atoms with Crippen LogP contribution in [0, 0.1) is 5.92 Å². The van der Waals surface area contributed by atoms with Crippen LogP contribution < -0.4 is 5.32 Å². The lowest BCUT2D eigenvalue weighted by Gasteiger charge is -2.20. The van der Waals surface area contributed by atoms with Gasteiger partial charge in [0.1, 0.15) is 0 Å². The van der Waals surface area contributed by atoms with E-state index in [0.29, 0.717) is 10.6 Å². The highest BCUT2D eigenvalue weighted by atomic mass is 35.5. The first-order valence-corrected chi connectivity index (χ1v) is 7.35. The summed E-state index contributed by atoms with van der Waals surface area (Å²) in [5.41, 5.74) is 0.447. The zero-order valence-electron chi connectivity index (χ0n) is 10.7. The van der Waals surface area contributed by atoms with Crippen molar-refractivity contribution in [1.29, 1.82) is 0 Å². The Hall–Kier alpha value is -0.710. The van der Waals surface area contributed by atoms with Gasteiger partial charge in [-0.3, -0.25) is 4.79 Å². The van der Waals surface area contributed by atoms with E-state index in [1.54, 1.807) is 23.9 Å². The molecule has 5 heteroatoms. The molecule has 0 saturated carbocycles. The summed E-state index contributed by atoms with van der Waals surface area (Å²) >= 11 is 7.57. The van der Waals surface area contributed by atoms with Gasteiger partial charge in [-0.25, -0.2) is 0 Å². The lowest BCUT2D eigenvalue weighted by atomic mass is 10.0. The van der Waals surface area contributed by atoms with Gasteiger partial charge in [0.2, 0.25) is 0 Å². The van der Waals surface area contributed by atoms with Gasteiger partial charge in [0, 0.05) is 4.90 Å². The summed E-state index contributed by atoms with van der Waals surface area (Å²) in [6, 6.07) is 5.09. The third-order valence-corrected chi connectivity index (χ3v) is 3.79. The molecular weight excluding hydrogens is 270 g/mol. The van der Waals surface area contributed by atoms with Crippen LogP contribution in [0.2, 0.25) is 5.02 Å². The second-order valence-electron chi connectivity index (χ2n) is 4.35. The Morgan fingerprint density at radius 1 is 1.50 bits per heavy atom. The van der Waals surface area contributed by atoms with Crippen molar-refractivity contribution in [3.05, 3.63) is 28.8 Å². The first-order chi connectivity index (χ1) is 8.49. The molecule has 18 heavy (non-hydrogen) atoms. The fourth-order valence-corrected chi connectivity index (χ4v) is 2.12. The van der Waals surface area contributed by atoms with E-state index in [2.05, 4.69) is 5.32 Å². The largest absolute Gasteiger partial charge is 0.394 e. The van der Waals surface area contributed by atoms with Crippen LogP contribution in [-0.4, -0.2) is 29.9 Å². The lowest BCUT2D eigenvalue weighted by Crippen LogP contribution is -2.41. The molecule has 1 rings (SSSR count). The van der Waals surface area contributed by atoms with E-state index in [0.717, 1.165) is 4.90 Å². The number of thioether (sulfide) groups is 1. The van der Waals surface area contributed by atoms with E-state index in [9.17, 15) is 9.90 Å². The molecule has 1 amide bonds. The molecule has 1 atom stereocenters. The molecule has 2 N–H and O–H groups in total. The maximum atomic E-state index is 12.1. The molecule has 0 aliphatic carbocycles. The van der Waals surface area contributed by atoms with Crippen molar-refractivity contribution in [2.24, 2.45) is 5.92 Å². The van der Waals surface area contributed by atoms with Gasteiger partial charge in [-0.05, 0) is 30.4 Å². The quantitative estimate of drug-likeness (QED) is 0.819. The zero-order valence-corrected chi connectivity index (χ0v) is 12.3. The number of nitrogens with one attached hydrogen (secondary N) is 1. The highest BCUT2D eigenvalue weighted by Crippen LogP contribution is 2.23. The number of amides is 1. The minimum atomic E-state index is -0.258. The van der Waals surface area contributed by atoms with Crippen molar-refractivity contribution in [3.63, 3.8) is 0 Å². The second kappa shape index (κ2) is 7.02. The van der Waals surface area contributed by atoms with Gasteiger partial charge in [0.25, 0.3) is 5.91 Å². The highest BCUT2D eigenvalue weighted by molar-refractivity contribution is 7.98. The third kappa shape index (κ3) is 3.90. The molecule has 0 unspecified atom stereocenters. The molecule has 0 aliphatic heterocycles. The Morgan fingerprint density at radius 3 is 2.67 bits per heavy atom. The summed E-state index contributed by atoms with van der Waals surface area (Å²) in [7, 11) is 0. The van der Waals surface area contributed by atoms with Crippen LogP contribution in [0.25, 0.3) is 0 Å². The predicted molar refractivity (Wildman–Crippen MR) is 76.4 cm³/mol. The van der Waals surface area contributed by atoms with Gasteiger partial charge < -0.3 is 10.4 Å². The number of halogens is 1. The molecule has 1 aromatic rings. The molecule has 0 heterocycles. The van der Waals surface area contributed by atoms with E-state index in [4.69, 9.17) is 11.6 Å². The van der Waals surface area contributed by atoms with E-state index in [1.165, 1.54) is 0 Å². The van der Waals surface area contributed by atoms with Gasteiger partial charge in [-0.15, -0.1) is 11.8 Å². The van der Waals surface area contributed by atoms with Crippen molar-refractivity contribution in [1.82, 2.24) is 5.32 Å². The topological polar surface area (TPSA) is 49.3 Å². The first-order valence-electron chi connectivity index (χ1n) is 5.74. The SMILES string of the molecule is CSc1ccc(Cl)c(C(=O)N[C@H](CO)C(C)C)c1.